The zero-order chi connectivity index (χ0) is 14.0. The van der Waals surface area contributed by atoms with Crippen LogP contribution in [0.15, 0.2) is 35.5 Å². The number of H-pyrrole nitrogens is 1. The van der Waals surface area contributed by atoms with Crippen LogP contribution in [-0.2, 0) is 10.0 Å². The molecule has 100 valence electrons. The second-order valence-corrected chi connectivity index (χ2v) is 5.44. The number of anilines is 1. The summed E-state index contributed by atoms with van der Waals surface area (Å²) in [6, 6.07) is 4.50. The number of primary sulfonamides is 1. The molecule has 4 N–H and O–H groups in total. The van der Waals surface area contributed by atoms with Crippen LogP contribution in [0.2, 0.25) is 0 Å². The van der Waals surface area contributed by atoms with Gasteiger partial charge in [0.2, 0.25) is 10.0 Å². The van der Waals surface area contributed by atoms with Crippen LogP contribution in [0.25, 0.3) is 0 Å². The molecule has 0 unspecified atom stereocenters. The molecule has 0 aliphatic carbocycles. The van der Waals surface area contributed by atoms with Gasteiger partial charge in [0.1, 0.15) is 0 Å². The third kappa shape index (κ3) is 2.80. The number of carbonyl (C=O) groups is 1. The Labute approximate surface area is 109 Å². The first-order chi connectivity index (χ1) is 8.89. The number of nitrogens with zero attached hydrogens (tertiary/aromatic N) is 1. The van der Waals surface area contributed by atoms with Crippen molar-refractivity contribution in [3.63, 3.8) is 0 Å². The maximum Gasteiger partial charge on any atom is 0.258 e. The summed E-state index contributed by atoms with van der Waals surface area (Å²) in [6.45, 7) is 1.57. The first-order valence-electron chi connectivity index (χ1n) is 5.32. The molecule has 19 heavy (non-hydrogen) atoms. The second-order valence-electron chi connectivity index (χ2n) is 3.91. The zero-order valence-corrected chi connectivity index (χ0v) is 10.9. The fourth-order valence-electron chi connectivity index (χ4n) is 1.63. The molecule has 7 nitrogen and oxygen atoms in total. The van der Waals surface area contributed by atoms with Crippen molar-refractivity contribution in [3.8, 4) is 0 Å². The van der Waals surface area contributed by atoms with Gasteiger partial charge in [0, 0.05) is 11.9 Å². The van der Waals surface area contributed by atoms with Gasteiger partial charge in [0.15, 0.2) is 0 Å². The Morgan fingerprint density at radius 3 is 2.74 bits per heavy atom. The van der Waals surface area contributed by atoms with Crippen LogP contribution in [0.3, 0.4) is 0 Å². The minimum atomic E-state index is -3.82. The maximum atomic E-state index is 11.8. The molecule has 2 aromatic rings. The third-order valence-electron chi connectivity index (χ3n) is 2.60. The minimum Gasteiger partial charge on any atom is -0.322 e. The number of hydrogen-bond acceptors (Lipinski definition) is 4. The average molecular weight is 280 g/mol. The molecule has 8 heteroatoms. The smallest absolute Gasteiger partial charge is 0.258 e. The molecule has 0 radical (unpaired) electrons. The Bertz CT molecular complexity index is 708. The van der Waals surface area contributed by atoms with Crippen LogP contribution in [0.4, 0.5) is 5.69 Å². The van der Waals surface area contributed by atoms with Gasteiger partial charge in [-0.15, -0.1) is 0 Å². The van der Waals surface area contributed by atoms with Crippen molar-refractivity contribution in [2.75, 3.05) is 5.32 Å². The molecule has 0 spiro atoms. The number of aromatic amines is 1. The lowest BCUT2D eigenvalue weighted by Gasteiger charge is -2.10. The van der Waals surface area contributed by atoms with Gasteiger partial charge in [-0.3, -0.25) is 9.89 Å². The molecule has 0 saturated carbocycles. The number of sulfonamides is 1. The summed E-state index contributed by atoms with van der Waals surface area (Å²) in [7, 11) is -3.82. The van der Waals surface area contributed by atoms with Crippen LogP contribution in [-0.4, -0.2) is 24.5 Å². The van der Waals surface area contributed by atoms with E-state index < -0.39 is 10.0 Å². The highest BCUT2D eigenvalue weighted by Gasteiger charge is 2.15. The van der Waals surface area contributed by atoms with Crippen molar-refractivity contribution < 1.29 is 13.2 Å². The van der Waals surface area contributed by atoms with Gasteiger partial charge in [-0.1, -0.05) is 6.07 Å². The largest absolute Gasteiger partial charge is 0.322 e. The maximum absolute atomic E-state index is 11.8. The highest BCUT2D eigenvalue weighted by atomic mass is 32.2. The molecular weight excluding hydrogens is 268 g/mol. The van der Waals surface area contributed by atoms with Gasteiger partial charge in [0.25, 0.3) is 5.91 Å². The first kappa shape index (κ1) is 13.2. The van der Waals surface area contributed by atoms with Gasteiger partial charge >= 0.3 is 0 Å². The molecule has 0 aliphatic heterocycles. The number of aromatic nitrogens is 2. The lowest BCUT2D eigenvalue weighted by atomic mass is 10.2. The summed E-state index contributed by atoms with van der Waals surface area (Å²) in [5, 5.41) is 13.9. The molecule has 0 bridgehead atoms. The summed E-state index contributed by atoms with van der Waals surface area (Å²) < 4.78 is 22.7. The summed E-state index contributed by atoms with van der Waals surface area (Å²) in [5.74, 6) is -0.386. The van der Waals surface area contributed by atoms with E-state index in [-0.39, 0.29) is 10.8 Å². The van der Waals surface area contributed by atoms with Crippen LogP contribution >= 0.6 is 0 Å². The van der Waals surface area contributed by atoms with E-state index in [0.717, 1.165) is 0 Å². The molecule has 1 aromatic carbocycles. The topological polar surface area (TPSA) is 118 Å². The predicted molar refractivity (Wildman–Crippen MR) is 69.1 cm³/mol. The predicted octanol–water partition coefficient (Wildman–Crippen LogP) is 0.618. The number of hydrogen-bond donors (Lipinski definition) is 3. The quantitative estimate of drug-likeness (QED) is 0.763. The van der Waals surface area contributed by atoms with Crippen molar-refractivity contribution in [1.82, 2.24) is 10.2 Å². The van der Waals surface area contributed by atoms with E-state index in [0.29, 0.717) is 16.8 Å². The highest BCUT2D eigenvalue weighted by Crippen LogP contribution is 2.22. The third-order valence-corrected chi connectivity index (χ3v) is 3.65. The van der Waals surface area contributed by atoms with Crippen molar-refractivity contribution in [1.29, 1.82) is 0 Å². The second kappa shape index (κ2) is 4.82. The first-order valence-corrected chi connectivity index (χ1v) is 6.87. The van der Waals surface area contributed by atoms with E-state index in [9.17, 15) is 13.2 Å². The summed E-state index contributed by atoms with van der Waals surface area (Å²) in [5.41, 5.74) is 1.12. The van der Waals surface area contributed by atoms with E-state index >= 15 is 0 Å². The monoisotopic (exact) mass is 280 g/mol. The molecular formula is C11H12N4O3S. The van der Waals surface area contributed by atoms with E-state index in [1.807, 2.05) is 0 Å². The van der Waals surface area contributed by atoms with E-state index in [1.165, 1.54) is 24.5 Å². The fraction of sp³-hybridized carbons (Fsp3) is 0.0909. The fourth-order valence-corrected chi connectivity index (χ4v) is 2.43. The van der Waals surface area contributed by atoms with Gasteiger partial charge in [-0.05, 0) is 24.6 Å². The van der Waals surface area contributed by atoms with Crippen LogP contribution in [0, 0.1) is 6.92 Å². The van der Waals surface area contributed by atoms with E-state index in [1.54, 1.807) is 13.0 Å². The number of amides is 1. The Morgan fingerprint density at radius 1 is 1.42 bits per heavy atom. The lowest BCUT2D eigenvalue weighted by Crippen LogP contribution is -2.16. The summed E-state index contributed by atoms with van der Waals surface area (Å²) in [6.07, 6.45) is 2.81. The number of nitrogens with two attached hydrogens (primary N) is 1. The Hall–Kier alpha value is -2.19. The number of carbonyl (C=O) groups excluding carboxylic acids is 1. The SMILES string of the molecule is Cc1c(NC(=O)c2cn[nH]c2)cccc1S(N)(=O)=O. The number of benzene rings is 1. The number of rotatable bonds is 3. The molecule has 0 atom stereocenters. The van der Waals surface area contributed by atoms with Gasteiger partial charge in [0.05, 0.1) is 16.7 Å². The normalized spacial score (nSPS) is 11.3. The molecule has 0 fully saturated rings. The Kier molecular flexibility index (Phi) is 3.36. The summed E-state index contributed by atoms with van der Waals surface area (Å²) in [4.78, 5) is 11.8. The van der Waals surface area contributed by atoms with Crippen LogP contribution in [0.5, 0.6) is 0 Å². The number of nitrogens with one attached hydrogen (secondary N) is 2. The highest BCUT2D eigenvalue weighted by molar-refractivity contribution is 7.89. The van der Waals surface area contributed by atoms with Crippen molar-refractivity contribution in [3.05, 3.63) is 41.7 Å². The summed E-state index contributed by atoms with van der Waals surface area (Å²) >= 11 is 0. The van der Waals surface area contributed by atoms with Crippen molar-refractivity contribution in [2.24, 2.45) is 5.14 Å². The molecule has 1 heterocycles. The average Bonchev–Trinajstić information content (AvgIpc) is 2.83. The van der Waals surface area contributed by atoms with Crippen molar-refractivity contribution in [2.45, 2.75) is 11.8 Å². The molecule has 0 aliphatic rings. The standard InChI is InChI=1S/C11H12N4O3S/c1-7-9(3-2-4-10(7)19(12,17)18)15-11(16)8-5-13-14-6-8/h2-6H,1H3,(H,13,14)(H,15,16)(H2,12,17,18). The van der Waals surface area contributed by atoms with Gasteiger partial charge in [-0.2, -0.15) is 5.10 Å². The Morgan fingerprint density at radius 2 is 2.16 bits per heavy atom. The van der Waals surface area contributed by atoms with Crippen LogP contribution in [0.1, 0.15) is 15.9 Å². The molecule has 0 saturated heterocycles. The molecule has 1 aromatic heterocycles. The molecule has 1 amide bonds. The van der Waals surface area contributed by atoms with Crippen molar-refractivity contribution >= 4 is 21.6 Å². The van der Waals surface area contributed by atoms with Gasteiger partial charge < -0.3 is 5.32 Å². The minimum absolute atomic E-state index is 0.0162. The zero-order valence-electron chi connectivity index (χ0n) is 10.0. The van der Waals surface area contributed by atoms with Gasteiger partial charge in [-0.25, -0.2) is 13.6 Å². The van der Waals surface area contributed by atoms with E-state index in [2.05, 4.69) is 15.5 Å². The molecule has 2 rings (SSSR count). The Balaban J connectivity index is 2.35. The van der Waals surface area contributed by atoms with Crippen LogP contribution < -0.4 is 10.5 Å². The lowest BCUT2D eigenvalue weighted by molar-refractivity contribution is 0.102. The van der Waals surface area contributed by atoms with E-state index in [4.69, 9.17) is 5.14 Å².